The van der Waals surface area contributed by atoms with Gasteiger partial charge in [-0.3, -0.25) is 4.79 Å². The Balaban J connectivity index is 2.74. The normalized spacial score (nSPS) is 11.2. The zero-order valence-electron chi connectivity index (χ0n) is 13.9. The minimum absolute atomic E-state index is 0.400. The predicted octanol–water partition coefficient (Wildman–Crippen LogP) is 6.83. The van der Waals surface area contributed by atoms with E-state index in [1.54, 1.807) is 17.4 Å². The van der Waals surface area contributed by atoms with Crippen LogP contribution in [0.3, 0.4) is 0 Å². The van der Waals surface area contributed by atoms with Gasteiger partial charge in [0.2, 0.25) is 0 Å². The van der Waals surface area contributed by atoms with Crippen molar-refractivity contribution in [2.75, 3.05) is 0 Å². The number of halogens is 1. The van der Waals surface area contributed by atoms with Crippen LogP contribution in [0.5, 0.6) is 0 Å². The van der Waals surface area contributed by atoms with E-state index in [1.807, 2.05) is 30.3 Å². The van der Waals surface area contributed by atoms with Crippen LogP contribution in [-0.2, 0) is 4.79 Å². The first-order valence-electron chi connectivity index (χ1n) is 7.63. The molecule has 1 heterocycles. The van der Waals surface area contributed by atoms with Crippen molar-refractivity contribution in [1.29, 1.82) is 0 Å². The first-order valence-corrected chi connectivity index (χ1v) is 8.82. The molecule has 2 rings (SSSR count). The molecule has 0 spiro atoms. The van der Waals surface area contributed by atoms with E-state index in [0.29, 0.717) is 5.92 Å². The molecule has 23 heavy (non-hydrogen) atoms. The number of hydrogen-bond donors (Lipinski definition) is 0. The maximum absolute atomic E-state index is 10.8. The molecule has 2 aromatic rings. The highest BCUT2D eigenvalue weighted by atomic mass is 35.5. The second-order valence-corrected chi connectivity index (χ2v) is 7.49. The molecule has 1 nitrogen and oxygen atoms in total. The Kier molecular flexibility index (Phi) is 5.97. The van der Waals surface area contributed by atoms with Crippen LogP contribution in [-0.4, -0.2) is 6.29 Å². The third kappa shape index (κ3) is 4.21. The lowest BCUT2D eigenvalue weighted by Gasteiger charge is -2.05. The summed E-state index contributed by atoms with van der Waals surface area (Å²) < 4.78 is 0. The molecule has 3 heteroatoms. The molecule has 0 amide bonds. The quantitative estimate of drug-likeness (QED) is 0.429. The molecule has 0 N–H and O–H groups in total. The summed E-state index contributed by atoms with van der Waals surface area (Å²) in [6, 6.07) is 7.93. The Morgan fingerprint density at radius 2 is 1.78 bits per heavy atom. The van der Waals surface area contributed by atoms with Crippen molar-refractivity contribution in [2.45, 2.75) is 33.6 Å². The summed E-state index contributed by atoms with van der Waals surface area (Å²) >= 11 is 7.81. The number of carbonyl (C=O) groups excluding carboxylic acids is 1. The fourth-order valence-corrected chi connectivity index (χ4v) is 3.86. The first-order chi connectivity index (χ1) is 10.9. The van der Waals surface area contributed by atoms with Crippen molar-refractivity contribution >= 4 is 41.4 Å². The van der Waals surface area contributed by atoms with E-state index in [-0.39, 0.29) is 0 Å². The third-order valence-electron chi connectivity index (χ3n) is 3.42. The van der Waals surface area contributed by atoms with Crippen molar-refractivity contribution in [3.63, 3.8) is 0 Å². The summed E-state index contributed by atoms with van der Waals surface area (Å²) in [4.78, 5) is 13.3. The number of thiophene rings is 1. The van der Waals surface area contributed by atoms with E-state index in [0.717, 1.165) is 22.4 Å². The van der Waals surface area contributed by atoms with Gasteiger partial charge in [-0.05, 0) is 55.2 Å². The highest BCUT2D eigenvalue weighted by Crippen LogP contribution is 2.42. The standard InChI is InChI=1S/C20H21ClOS/c1-13(2)12-18-17(6-5-11-22)19(14(3)4)23-20(18)15-7-9-16(21)10-8-15/h5-12,14H,1-4H3/b6-5+. The topological polar surface area (TPSA) is 17.1 Å². The Hall–Kier alpha value is -1.64. The van der Waals surface area contributed by atoms with Crippen molar-refractivity contribution < 1.29 is 4.79 Å². The lowest BCUT2D eigenvalue weighted by atomic mass is 9.98. The summed E-state index contributed by atoms with van der Waals surface area (Å²) in [5.41, 5.74) is 4.70. The molecule has 0 radical (unpaired) electrons. The second kappa shape index (κ2) is 7.76. The van der Waals surface area contributed by atoms with Gasteiger partial charge in [-0.2, -0.15) is 0 Å². The minimum atomic E-state index is 0.400. The maximum Gasteiger partial charge on any atom is 0.142 e. The van der Waals surface area contributed by atoms with Crippen LogP contribution >= 0.6 is 22.9 Å². The van der Waals surface area contributed by atoms with E-state index in [1.165, 1.54) is 20.9 Å². The third-order valence-corrected chi connectivity index (χ3v) is 5.24. The summed E-state index contributed by atoms with van der Waals surface area (Å²) in [7, 11) is 0. The van der Waals surface area contributed by atoms with Crippen LogP contribution in [0.1, 0.15) is 49.6 Å². The van der Waals surface area contributed by atoms with Crippen molar-refractivity contribution in [3.8, 4) is 10.4 Å². The Morgan fingerprint density at radius 3 is 2.30 bits per heavy atom. The van der Waals surface area contributed by atoms with Crippen molar-refractivity contribution in [3.05, 3.63) is 56.9 Å². The van der Waals surface area contributed by atoms with Gasteiger partial charge in [0.25, 0.3) is 0 Å². The molecule has 0 aliphatic heterocycles. The maximum atomic E-state index is 10.8. The number of benzene rings is 1. The van der Waals surface area contributed by atoms with Gasteiger partial charge in [-0.25, -0.2) is 0 Å². The molecule has 0 fully saturated rings. The van der Waals surface area contributed by atoms with Crippen molar-refractivity contribution in [2.24, 2.45) is 0 Å². The number of rotatable bonds is 5. The zero-order chi connectivity index (χ0) is 17.0. The van der Waals surface area contributed by atoms with Gasteiger partial charge >= 0.3 is 0 Å². The van der Waals surface area contributed by atoms with Gasteiger partial charge in [-0.1, -0.05) is 49.2 Å². The summed E-state index contributed by atoms with van der Waals surface area (Å²) in [5, 5.41) is 0.735. The minimum Gasteiger partial charge on any atom is -0.299 e. The number of carbonyl (C=O) groups is 1. The van der Waals surface area contributed by atoms with E-state index >= 15 is 0 Å². The molecule has 0 aliphatic carbocycles. The van der Waals surface area contributed by atoms with Gasteiger partial charge in [0.05, 0.1) is 0 Å². The van der Waals surface area contributed by atoms with Crippen LogP contribution < -0.4 is 0 Å². The van der Waals surface area contributed by atoms with Gasteiger partial charge in [0, 0.05) is 20.3 Å². The lowest BCUT2D eigenvalue weighted by Crippen LogP contribution is -1.87. The molecular formula is C20H21ClOS. The molecule has 1 aromatic carbocycles. The van der Waals surface area contributed by atoms with Gasteiger partial charge < -0.3 is 0 Å². The average Bonchev–Trinajstić information content (AvgIpc) is 2.84. The molecule has 0 bridgehead atoms. The number of aldehydes is 1. The monoisotopic (exact) mass is 344 g/mol. The van der Waals surface area contributed by atoms with Crippen LogP contribution in [0.2, 0.25) is 5.02 Å². The fraction of sp³-hybridized carbons (Fsp3) is 0.250. The van der Waals surface area contributed by atoms with Crippen LogP contribution in [0.15, 0.2) is 35.9 Å². The average molecular weight is 345 g/mol. The lowest BCUT2D eigenvalue weighted by molar-refractivity contribution is -0.104. The summed E-state index contributed by atoms with van der Waals surface area (Å²) in [6.07, 6.45) is 6.52. The van der Waals surface area contributed by atoms with Crippen LogP contribution in [0.25, 0.3) is 22.6 Å². The largest absolute Gasteiger partial charge is 0.299 e. The SMILES string of the molecule is CC(C)=Cc1c(-c2ccc(Cl)cc2)sc(C(C)C)c1/C=C/C=O. The van der Waals surface area contributed by atoms with Crippen LogP contribution in [0.4, 0.5) is 0 Å². The van der Waals surface area contributed by atoms with Crippen LogP contribution in [0, 0.1) is 0 Å². The first kappa shape index (κ1) is 17.7. The molecule has 0 saturated carbocycles. The van der Waals surface area contributed by atoms with E-state index in [9.17, 15) is 4.79 Å². The molecule has 120 valence electrons. The smallest absolute Gasteiger partial charge is 0.142 e. The molecule has 1 aromatic heterocycles. The summed E-state index contributed by atoms with van der Waals surface area (Å²) in [6.45, 7) is 8.54. The number of allylic oxidation sites excluding steroid dienone is 2. The fourth-order valence-electron chi connectivity index (χ4n) is 2.46. The summed E-state index contributed by atoms with van der Waals surface area (Å²) in [5.74, 6) is 0.400. The molecule has 0 unspecified atom stereocenters. The highest BCUT2D eigenvalue weighted by Gasteiger charge is 2.18. The molecule has 0 atom stereocenters. The Labute approximate surface area is 147 Å². The molecular weight excluding hydrogens is 324 g/mol. The highest BCUT2D eigenvalue weighted by molar-refractivity contribution is 7.16. The van der Waals surface area contributed by atoms with Gasteiger partial charge in [-0.15, -0.1) is 11.3 Å². The Morgan fingerprint density at radius 1 is 1.13 bits per heavy atom. The molecule has 0 saturated heterocycles. The number of hydrogen-bond acceptors (Lipinski definition) is 2. The predicted molar refractivity (Wildman–Crippen MR) is 103 cm³/mol. The zero-order valence-corrected chi connectivity index (χ0v) is 15.5. The van der Waals surface area contributed by atoms with E-state index in [2.05, 4.69) is 33.8 Å². The van der Waals surface area contributed by atoms with Crippen molar-refractivity contribution in [1.82, 2.24) is 0 Å². The van der Waals surface area contributed by atoms with Gasteiger partial charge in [0.1, 0.15) is 6.29 Å². The second-order valence-electron chi connectivity index (χ2n) is 6.00. The molecule has 0 aliphatic rings. The van der Waals surface area contributed by atoms with E-state index in [4.69, 9.17) is 11.6 Å². The van der Waals surface area contributed by atoms with Gasteiger partial charge in [0.15, 0.2) is 0 Å². The van der Waals surface area contributed by atoms with E-state index < -0.39 is 0 Å². The Bertz CT molecular complexity index is 745.